The topological polar surface area (TPSA) is 66.5 Å². The second-order valence-electron chi connectivity index (χ2n) is 6.68. The van der Waals surface area contributed by atoms with Crippen LogP contribution < -0.4 is 5.32 Å². The zero-order valence-electron chi connectivity index (χ0n) is 15.1. The van der Waals surface area contributed by atoms with Gasteiger partial charge in [0, 0.05) is 15.8 Å². The average molecular weight is 386 g/mol. The molecule has 0 fully saturated rings. The largest absolute Gasteiger partial charge is 0.339 e. The quantitative estimate of drug-likeness (QED) is 0.407. The highest BCUT2D eigenvalue weighted by molar-refractivity contribution is 6.31. The molecule has 0 atom stereocenters. The smallest absolute Gasteiger partial charge is 0.141 e. The SMILES string of the molecule is Cc1ccc(-c2ccc3ncnc(Nc4cccc5[nH]ncc45)c3c2)cc1Cl. The molecule has 5 aromatic rings. The van der Waals surface area contributed by atoms with Crippen LogP contribution in [0.4, 0.5) is 11.5 Å². The number of H-pyrrole nitrogens is 1. The van der Waals surface area contributed by atoms with Gasteiger partial charge in [0.15, 0.2) is 0 Å². The van der Waals surface area contributed by atoms with Crippen LogP contribution in [0.2, 0.25) is 5.02 Å². The molecule has 0 bridgehead atoms. The number of aryl methyl sites for hydroxylation is 1. The molecule has 0 aliphatic rings. The van der Waals surface area contributed by atoms with Crippen molar-refractivity contribution in [1.82, 2.24) is 20.2 Å². The summed E-state index contributed by atoms with van der Waals surface area (Å²) >= 11 is 6.32. The standard InChI is InChI=1S/C22H16ClN5/c1-13-5-6-15(10-18(13)23)14-7-8-19-16(9-14)22(25-12-24-19)27-20-3-2-4-21-17(20)11-26-28-21/h2-12H,1H3,(H,26,28)(H,24,25,27). The van der Waals surface area contributed by atoms with E-state index in [1.807, 2.05) is 43.3 Å². The maximum Gasteiger partial charge on any atom is 0.141 e. The van der Waals surface area contributed by atoms with Gasteiger partial charge in [-0.2, -0.15) is 5.10 Å². The Morgan fingerprint density at radius 1 is 0.929 bits per heavy atom. The molecule has 5 nitrogen and oxygen atoms in total. The van der Waals surface area contributed by atoms with E-state index in [0.717, 1.165) is 55.0 Å². The highest BCUT2D eigenvalue weighted by Crippen LogP contribution is 2.32. The number of benzene rings is 3. The number of aromatic nitrogens is 4. The fraction of sp³-hybridized carbons (Fsp3) is 0.0455. The number of aromatic amines is 1. The van der Waals surface area contributed by atoms with Gasteiger partial charge in [0.25, 0.3) is 0 Å². The molecule has 2 N–H and O–H groups in total. The van der Waals surface area contributed by atoms with Crippen molar-refractivity contribution >= 4 is 44.9 Å². The van der Waals surface area contributed by atoms with Gasteiger partial charge in [-0.15, -0.1) is 0 Å². The first kappa shape index (κ1) is 16.7. The summed E-state index contributed by atoms with van der Waals surface area (Å²) in [6.07, 6.45) is 3.38. The Labute approximate surface area is 166 Å². The molecule has 136 valence electrons. The first-order chi connectivity index (χ1) is 13.7. The summed E-state index contributed by atoms with van der Waals surface area (Å²) in [4.78, 5) is 8.89. The van der Waals surface area contributed by atoms with E-state index in [1.165, 1.54) is 0 Å². The second kappa shape index (κ2) is 6.62. The lowest BCUT2D eigenvalue weighted by Crippen LogP contribution is -1.96. The molecule has 0 radical (unpaired) electrons. The third-order valence-electron chi connectivity index (χ3n) is 4.88. The van der Waals surface area contributed by atoms with E-state index >= 15 is 0 Å². The summed E-state index contributed by atoms with van der Waals surface area (Å²) in [6, 6.07) is 18.2. The summed E-state index contributed by atoms with van der Waals surface area (Å²) < 4.78 is 0. The van der Waals surface area contributed by atoms with Gasteiger partial charge in [-0.1, -0.05) is 35.9 Å². The molecular weight excluding hydrogens is 370 g/mol. The lowest BCUT2D eigenvalue weighted by Gasteiger charge is -2.11. The fourth-order valence-electron chi connectivity index (χ4n) is 3.31. The predicted octanol–water partition coefficient (Wildman–Crippen LogP) is 5.88. The molecule has 0 aliphatic heterocycles. The molecule has 3 aromatic carbocycles. The van der Waals surface area contributed by atoms with Crippen LogP contribution in [0.25, 0.3) is 32.9 Å². The van der Waals surface area contributed by atoms with E-state index in [1.54, 1.807) is 12.5 Å². The molecule has 28 heavy (non-hydrogen) atoms. The minimum absolute atomic E-state index is 0.749. The van der Waals surface area contributed by atoms with E-state index in [4.69, 9.17) is 11.6 Å². The zero-order chi connectivity index (χ0) is 19.1. The number of fused-ring (bicyclic) bond motifs is 2. The molecule has 0 saturated carbocycles. The summed E-state index contributed by atoms with van der Waals surface area (Å²) in [5.41, 5.74) is 5.97. The number of nitrogens with zero attached hydrogens (tertiary/aromatic N) is 3. The van der Waals surface area contributed by atoms with E-state index in [0.29, 0.717) is 0 Å². The van der Waals surface area contributed by atoms with E-state index in [9.17, 15) is 0 Å². The fourth-order valence-corrected chi connectivity index (χ4v) is 3.49. The maximum absolute atomic E-state index is 6.32. The summed E-state index contributed by atoms with van der Waals surface area (Å²) in [5, 5.41) is 13.3. The number of halogens is 1. The van der Waals surface area contributed by atoms with E-state index in [2.05, 4.69) is 43.7 Å². The molecule has 0 spiro atoms. The van der Waals surface area contributed by atoms with Crippen molar-refractivity contribution in [3.05, 3.63) is 77.7 Å². The van der Waals surface area contributed by atoms with Crippen LogP contribution in [-0.2, 0) is 0 Å². The van der Waals surface area contributed by atoms with Crippen LogP contribution in [0.5, 0.6) is 0 Å². The lowest BCUT2D eigenvalue weighted by atomic mass is 10.0. The van der Waals surface area contributed by atoms with Crippen molar-refractivity contribution in [1.29, 1.82) is 0 Å². The van der Waals surface area contributed by atoms with Gasteiger partial charge in [0.1, 0.15) is 12.1 Å². The number of hydrogen-bond donors (Lipinski definition) is 2. The summed E-state index contributed by atoms with van der Waals surface area (Å²) in [5.74, 6) is 0.749. The van der Waals surface area contributed by atoms with E-state index in [-0.39, 0.29) is 0 Å². The van der Waals surface area contributed by atoms with Crippen molar-refractivity contribution < 1.29 is 0 Å². The van der Waals surface area contributed by atoms with Gasteiger partial charge >= 0.3 is 0 Å². The van der Waals surface area contributed by atoms with Crippen LogP contribution in [0.15, 0.2) is 67.1 Å². The highest BCUT2D eigenvalue weighted by Gasteiger charge is 2.09. The van der Waals surface area contributed by atoms with Gasteiger partial charge in [-0.25, -0.2) is 9.97 Å². The Kier molecular flexibility index (Phi) is 3.95. The number of nitrogens with one attached hydrogen (secondary N) is 2. The molecule has 0 saturated heterocycles. The molecule has 5 rings (SSSR count). The Morgan fingerprint density at radius 2 is 1.79 bits per heavy atom. The molecule has 0 amide bonds. The third-order valence-corrected chi connectivity index (χ3v) is 5.29. The van der Waals surface area contributed by atoms with Crippen molar-refractivity contribution in [2.75, 3.05) is 5.32 Å². The van der Waals surface area contributed by atoms with Crippen LogP contribution in [0.3, 0.4) is 0 Å². The first-order valence-electron chi connectivity index (χ1n) is 8.89. The van der Waals surface area contributed by atoms with Crippen LogP contribution in [0.1, 0.15) is 5.56 Å². The van der Waals surface area contributed by atoms with Crippen molar-refractivity contribution in [2.24, 2.45) is 0 Å². The monoisotopic (exact) mass is 385 g/mol. The van der Waals surface area contributed by atoms with Gasteiger partial charge in [-0.05, 0) is 53.9 Å². The Bertz CT molecular complexity index is 1330. The molecule has 0 unspecified atom stereocenters. The van der Waals surface area contributed by atoms with Crippen LogP contribution in [0, 0.1) is 6.92 Å². The zero-order valence-corrected chi connectivity index (χ0v) is 15.8. The number of anilines is 2. The molecule has 6 heteroatoms. The minimum Gasteiger partial charge on any atom is -0.339 e. The molecular formula is C22H16ClN5. The van der Waals surface area contributed by atoms with E-state index < -0.39 is 0 Å². The molecule has 2 aromatic heterocycles. The van der Waals surface area contributed by atoms with Crippen molar-refractivity contribution in [2.45, 2.75) is 6.92 Å². The normalized spacial score (nSPS) is 11.2. The Morgan fingerprint density at radius 3 is 2.68 bits per heavy atom. The van der Waals surface area contributed by atoms with Crippen molar-refractivity contribution in [3.63, 3.8) is 0 Å². The molecule has 2 heterocycles. The first-order valence-corrected chi connectivity index (χ1v) is 9.27. The van der Waals surface area contributed by atoms with Gasteiger partial charge < -0.3 is 5.32 Å². The summed E-state index contributed by atoms with van der Waals surface area (Å²) in [7, 11) is 0. The minimum atomic E-state index is 0.749. The number of hydrogen-bond acceptors (Lipinski definition) is 4. The van der Waals surface area contributed by atoms with Gasteiger partial charge in [0.2, 0.25) is 0 Å². The van der Waals surface area contributed by atoms with Crippen molar-refractivity contribution in [3.8, 4) is 11.1 Å². The lowest BCUT2D eigenvalue weighted by molar-refractivity contribution is 1.12. The third kappa shape index (κ3) is 2.86. The Hall–Kier alpha value is -3.44. The average Bonchev–Trinajstić information content (AvgIpc) is 3.20. The van der Waals surface area contributed by atoms with Gasteiger partial charge in [0.05, 0.1) is 22.9 Å². The predicted molar refractivity (Wildman–Crippen MR) is 114 cm³/mol. The second-order valence-corrected chi connectivity index (χ2v) is 7.09. The van der Waals surface area contributed by atoms with Crippen LogP contribution >= 0.6 is 11.6 Å². The summed E-state index contributed by atoms with van der Waals surface area (Å²) in [6.45, 7) is 2.00. The molecule has 0 aliphatic carbocycles. The number of rotatable bonds is 3. The van der Waals surface area contributed by atoms with Crippen LogP contribution in [-0.4, -0.2) is 20.2 Å². The van der Waals surface area contributed by atoms with Gasteiger partial charge in [-0.3, -0.25) is 5.10 Å². The Balaban J connectivity index is 1.63. The maximum atomic E-state index is 6.32. The highest BCUT2D eigenvalue weighted by atomic mass is 35.5.